The van der Waals surface area contributed by atoms with Crippen LogP contribution >= 0.6 is 0 Å². The summed E-state index contributed by atoms with van der Waals surface area (Å²) in [6, 6.07) is 2.32. The molecule has 0 spiro atoms. The Balaban J connectivity index is 2.61. The van der Waals surface area contributed by atoms with Crippen LogP contribution in [0.5, 0.6) is 0 Å². The lowest BCUT2D eigenvalue weighted by Crippen LogP contribution is -2.43. The van der Waals surface area contributed by atoms with Gasteiger partial charge in [-0.25, -0.2) is 0 Å². The average Bonchev–Trinajstić information content (AvgIpc) is 2.69. The van der Waals surface area contributed by atoms with Gasteiger partial charge in [0.25, 0.3) is 0 Å². The Bertz CT molecular complexity index is 257. The van der Waals surface area contributed by atoms with Crippen molar-refractivity contribution in [1.29, 1.82) is 0 Å². The topological polar surface area (TPSA) is 34.4 Å². The zero-order valence-electron chi connectivity index (χ0n) is 9.99. The van der Waals surface area contributed by atoms with Gasteiger partial charge in [-0.3, -0.25) is 0 Å². The molecule has 0 saturated carbocycles. The third-order valence-electron chi connectivity index (χ3n) is 2.73. The smallest absolute Gasteiger partial charge is 0.0935 e. The summed E-state index contributed by atoms with van der Waals surface area (Å²) < 4.78 is 10.6. The minimum absolute atomic E-state index is 0.227. The first-order valence-electron chi connectivity index (χ1n) is 5.40. The summed E-state index contributed by atoms with van der Waals surface area (Å²) in [6.07, 6.45) is 4.66. The predicted molar refractivity (Wildman–Crippen MR) is 60.9 cm³/mol. The number of furan rings is 1. The van der Waals surface area contributed by atoms with E-state index in [0.717, 1.165) is 6.42 Å². The lowest BCUT2D eigenvalue weighted by atomic mass is 9.95. The summed E-state index contributed by atoms with van der Waals surface area (Å²) in [4.78, 5) is 0. The number of nitrogens with one attached hydrogen (secondary N) is 1. The van der Waals surface area contributed by atoms with Crippen LogP contribution in [0, 0.1) is 5.92 Å². The molecule has 0 fully saturated rings. The Labute approximate surface area is 91.8 Å². The minimum Gasteiger partial charge on any atom is -0.472 e. The molecule has 0 aromatic carbocycles. The number of hydrogen-bond donors (Lipinski definition) is 1. The number of rotatable bonds is 6. The molecule has 1 aromatic rings. The van der Waals surface area contributed by atoms with E-state index in [4.69, 9.17) is 9.15 Å². The SMILES string of the molecule is CNC(Cc1ccoc1)C(OC)C(C)C. The summed E-state index contributed by atoms with van der Waals surface area (Å²) in [6.45, 7) is 4.35. The van der Waals surface area contributed by atoms with Gasteiger partial charge in [-0.15, -0.1) is 0 Å². The molecule has 0 aliphatic rings. The molecule has 1 rings (SSSR count). The van der Waals surface area contributed by atoms with Crippen molar-refractivity contribution in [2.24, 2.45) is 5.92 Å². The van der Waals surface area contributed by atoms with Crippen LogP contribution in [0.15, 0.2) is 23.0 Å². The summed E-state index contributed by atoms with van der Waals surface area (Å²) in [5.74, 6) is 0.499. The molecule has 0 aliphatic carbocycles. The average molecular weight is 211 g/mol. The highest BCUT2D eigenvalue weighted by molar-refractivity contribution is 5.08. The Morgan fingerprint density at radius 1 is 1.47 bits per heavy atom. The summed E-state index contributed by atoms with van der Waals surface area (Å²) >= 11 is 0. The first-order valence-corrected chi connectivity index (χ1v) is 5.40. The second kappa shape index (κ2) is 5.93. The van der Waals surface area contributed by atoms with Crippen molar-refractivity contribution in [2.75, 3.05) is 14.2 Å². The molecule has 15 heavy (non-hydrogen) atoms. The predicted octanol–water partition coefficient (Wildman–Crippen LogP) is 2.08. The van der Waals surface area contributed by atoms with Crippen molar-refractivity contribution in [1.82, 2.24) is 5.32 Å². The fraction of sp³-hybridized carbons (Fsp3) is 0.667. The van der Waals surface area contributed by atoms with Crippen molar-refractivity contribution in [3.8, 4) is 0 Å². The Morgan fingerprint density at radius 3 is 2.60 bits per heavy atom. The van der Waals surface area contributed by atoms with Crippen molar-refractivity contribution in [3.05, 3.63) is 24.2 Å². The van der Waals surface area contributed by atoms with Gasteiger partial charge >= 0.3 is 0 Å². The molecule has 1 N–H and O–H groups in total. The van der Waals surface area contributed by atoms with Gasteiger partial charge in [0, 0.05) is 13.2 Å². The molecule has 0 radical (unpaired) electrons. The van der Waals surface area contributed by atoms with Crippen molar-refractivity contribution >= 4 is 0 Å². The molecule has 0 bridgehead atoms. The Hall–Kier alpha value is -0.800. The summed E-state index contributed by atoms with van der Waals surface area (Å²) in [5, 5.41) is 3.31. The second-order valence-corrected chi connectivity index (χ2v) is 4.18. The maximum atomic E-state index is 5.52. The lowest BCUT2D eigenvalue weighted by Gasteiger charge is -2.28. The van der Waals surface area contributed by atoms with Crippen molar-refractivity contribution in [2.45, 2.75) is 32.4 Å². The van der Waals surface area contributed by atoms with Gasteiger partial charge in [0.15, 0.2) is 0 Å². The van der Waals surface area contributed by atoms with E-state index in [2.05, 4.69) is 19.2 Å². The number of methoxy groups -OCH3 is 1. The van der Waals surface area contributed by atoms with Crippen LogP contribution in [-0.4, -0.2) is 26.3 Å². The van der Waals surface area contributed by atoms with E-state index in [1.165, 1.54) is 5.56 Å². The first kappa shape index (κ1) is 12.3. The van der Waals surface area contributed by atoms with Gasteiger partial charge in [-0.1, -0.05) is 13.8 Å². The highest BCUT2D eigenvalue weighted by atomic mass is 16.5. The molecule has 1 heterocycles. The van der Waals surface area contributed by atoms with Gasteiger partial charge in [0.1, 0.15) is 0 Å². The molecule has 0 saturated heterocycles. The molecule has 2 atom stereocenters. The molecular weight excluding hydrogens is 190 g/mol. The molecule has 0 aliphatic heterocycles. The molecule has 1 aromatic heterocycles. The van der Waals surface area contributed by atoms with Crippen molar-refractivity contribution < 1.29 is 9.15 Å². The molecule has 86 valence electrons. The second-order valence-electron chi connectivity index (χ2n) is 4.18. The minimum atomic E-state index is 0.227. The van der Waals surface area contributed by atoms with Crippen LogP contribution in [-0.2, 0) is 11.2 Å². The molecule has 2 unspecified atom stereocenters. The first-order chi connectivity index (χ1) is 7.19. The fourth-order valence-electron chi connectivity index (χ4n) is 1.95. The summed E-state index contributed by atoms with van der Waals surface area (Å²) in [5.41, 5.74) is 1.21. The standard InChI is InChI=1S/C12H21NO2/c1-9(2)12(14-4)11(13-3)7-10-5-6-15-8-10/h5-6,8-9,11-13H,7H2,1-4H3. The third kappa shape index (κ3) is 3.36. The van der Waals surface area contributed by atoms with E-state index in [-0.39, 0.29) is 6.10 Å². The largest absolute Gasteiger partial charge is 0.472 e. The Morgan fingerprint density at radius 2 is 2.20 bits per heavy atom. The molecule has 0 amide bonds. The summed E-state index contributed by atoms with van der Waals surface area (Å²) in [7, 11) is 3.74. The van der Waals surface area contributed by atoms with Crippen LogP contribution in [0.2, 0.25) is 0 Å². The van der Waals surface area contributed by atoms with Gasteiger partial charge in [0.05, 0.1) is 18.6 Å². The fourth-order valence-corrected chi connectivity index (χ4v) is 1.95. The Kier molecular flexibility index (Phi) is 4.85. The van der Waals surface area contributed by atoms with E-state index >= 15 is 0 Å². The maximum absolute atomic E-state index is 5.52. The van der Waals surface area contributed by atoms with Crippen LogP contribution in [0.25, 0.3) is 0 Å². The van der Waals surface area contributed by atoms with Gasteiger partial charge in [0.2, 0.25) is 0 Å². The van der Waals surface area contributed by atoms with E-state index < -0.39 is 0 Å². The van der Waals surface area contributed by atoms with Crippen LogP contribution in [0.4, 0.5) is 0 Å². The maximum Gasteiger partial charge on any atom is 0.0935 e. The van der Waals surface area contributed by atoms with E-state index in [1.807, 2.05) is 13.1 Å². The molecule has 3 nitrogen and oxygen atoms in total. The monoisotopic (exact) mass is 211 g/mol. The van der Waals surface area contributed by atoms with Crippen LogP contribution < -0.4 is 5.32 Å². The zero-order valence-corrected chi connectivity index (χ0v) is 9.99. The quantitative estimate of drug-likeness (QED) is 0.782. The van der Waals surface area contributed by atoms with Gasteiger partial charge in [-0.2, -0.15) is 0 Å². The van der Waals surface area contributed by atoms with Gasteiger partial charge < -0.3 is 14.5 Å². The zero-order chi connectivity index (χ0) is 11.3. The van der Waals surface area contributed by atoms with Crippen LogP contribution in [0.1, 0.15) is 19.4 Å². The van der Waals surface area contributed by atoms with Gasteiger partial charge in [-0.05, 0) is 31.0 Å². The number of likely N-dealkylation sites (N-methyl/N-ethyl adjacent to an activating group) is 1. The lowest BCUT2D eigenvalue weighted by molar-refractivity contribution is 0.0353. The molecule has 3 heteroatoms. The highest BCUT2D eigenvalue weighted by Crippen LogP contribution is 2.14. The third-order valence-corrected chi connectivity index (χ3v) is 2.73. The number of hydrogen-bond acceptors (Lipinski definition) is 3. The van der Waals surface area contributed by atoms with Crippen LogP contribution in [0.3, 0.4) is 0 Å². The van der Waals surface area contributed by atoms with E-state index in [9.17, 15) is 0 Å². The van der Waals surface area contributed by atoms with E-state index in [1.54, 1.807) is 19.6 Å². The number of ether oxygens (including phenoxy) is 1. The van der Waals surface area contributed by atoms with E-state index in [0.29, 0.717) is 12.0 Å². The normalized spacial score (nSPS) is 15.5. The molecular formula is C12H21NO2. The highest BCUT2D eigenvalue weighted by Gasteiger charge is 2.23. The van der Waals surface area contributed by atoms with Crippen molar-refractivity contribution in [3.63, 3.8) is 0 Å².